The predicted molar refractivity (Wildman–Crippen MR) is 136 cm³/mol. The first-order chi connectivity index (χ1) is 15.0. The molecule has 0 spiro atoms. The number of aliphatic hydroxyl groups excluding tert-OH is 1. The Morgan fingerprint density at radius 1 is 0.788 bits per heavy atom. The first-order valence-electron chi connectivity index (χ1n) is 14.1. The third-order valence-corrected chi connectivity index (χ3v) is 12.7. The lowest BCUT2D eigenvalue weighted by atomic mass is 9.35. The maximum Gasteiger partial charge on any atom is 0.0849 e. The summed E-state index contributed by atoms with van der Waals surface area (Å²) in [5, 5.41) is 32.2. The van der Waals surface area contributed by atoms with Crippen LogP contribution in [0.1, 0.15) is 126 Å². The Morgan fingerprint density at radius 2 is 1.42 bits per heavy atom. The highest BCUT2D eigenvalue weighted by Gasteiger charge is 2.68. The van der Waals surface area contributed by atoms with Gasteiger partial charge in [0.2, 0.25) is 0 Å². The van der Waals surface area contributed by atoms with Gasteiger partial charge >= 0.3 is 0 Å². The SMILES string of the molecule is CC(C)(O)C(O)CC[C@](C)(O)[C@H]1CC[C@@]2(C)[C@H]1CC[C@@H]1[C@@]3(C)CCCC(C)(C)C3CC[C@]12C. The van der Waals surface area contributed by atoms with Gasteiger partial charge in [0.15, 0.2) is 0 Å². The monoisotopic (exact) mass is 462 g/mol. The molecule has 0 saturated heterocycles. The van der Waals surface area contributed by atoms with Crippen LogP contribution in [0.15, 0.2) is 0 Å². The van der Waals surface area contributed by atoms with E-state index in [-0.39, 0.29) is 5.41 Å². The van der Waals surface area contributed by atoms with Gasteiger partial charge in [-0.1, -0.05) is 41.0 Å². The van der Waals surface area contributed by atoms with Crippen LogP contribution >= 0.6 is 0 Å². The topological polar surface area (TPSA) is 60.7 Å². The van der Waals surface area contributed by atoms with Crippen molar-refractivity contribution in [3.8, 4) is 0 Å². The van der Waals surface area contributed by atoms with Crippen LogP contribution in [-0.4, -0.2) is 32.6 Å². The highest BCUT2D eigenvalue weighted by Crippen LogP contribution is 2.75. The van der Waals surface area contributed by atoms with Gasteiger partial charge in [0.25, 0.3) is 0 Å². The molecule has 2 unspecified atom stereocenters. The summed E-state index contributed by atoms with van der Waals surface area (Å²) in [5.74, 6) is 2.50. The first kappa shape index (κ1) is 26.0. The van der Waals surface area contributed by atoms with Crippen LogP contribution in [0.4, 0.5) is 0 Å². The predicted octanol–water partition coefficient (Wildman–Crippen LogP) is 6.72. The summed E-state index contributed by atoms with van der Waals surface area (Å²) in [4.78, 5) is 0. The Hall–Kier alpha value is -0.120. The molecule has 3 nitrogen and oxygen atoms in total. The van der Waals surface area contributed by atoms with Crippen LogP contribution < -0.4 is 0 Å². The molecule has 0 amide bonds. The van der Waals surface area contributed by atoms with E-state index in [0.29, 0.717) is 40.9 Å². The van der Waals surface area contributed by atoms with Crippen molar-refractivity contribution in [1.29, 1.82) is 0 Å². The lowest BCUT2D eigenvalue weighted by Crippen LogP contribution is -2.62. The Labute approximate surface area is 204 Å². The molecule has 4 aliphatic rings. The maximum atomic E-state index is 11.7. The summed E-state index contributed by atoms with van der Waals surface area (Å²) >= 11 is 0. The zero-order chi connectivity index (χ0) is 24.7. The fraction of sp³-hybridized carbons (Fsp3) is 1.00. The van der Waals surface area contributed by atoms with Crippen molar-refractivity contribution >= 4 is 0 Å². The quantitative estimate of drug-likeness (QED) is 0.425. The smallest absolute Gasteiger partial charge is 0.0849 e. The van der Waals surface area contributed by atoms with Gasteiger partial charge < -0.3 is 15.3 Å². The fourth-order valence-electron chi connectivity index (χ4n) is 10.6. The molecule has 3 N–H and O–H groups in total. The van der Waals surface area contributed by atoms with E-state index in [1.165, 1.54) is 51.4 Å². The van der Waals surface area contributed by atoms with Gasteiger partial charge in [0.05, 0.1) is 17.3 Å². The summed E-state index contributed by atoms with van der Waals surface area (Å²) in [7, 11) is 0. The molecular weight excluding hydrogens is 408 g/mol. The van der Waals surface area contributed by atoms with Crippen LogP contribution in [0.3, 0.4) is 0 Å². The molecular formula is C30H54O3. The molecule has 0 heterocycles. The van der Waals surface area contributed by atoms with Gasteiger partial charge in [0, 0.05) is 0 Å². The van der Waals surface area contributed by atoms with Gasteiger partial charge in [-0.15, -0.1) is 0 Å². The van der Waals surface area contributed by atoms with Gasteiger partial charge in [-0.2, -0.15) is 0 Å². The van der Waals surface area contributed by atoms with Crippen molar-refractivity contribution < 1.29 is 15.3 Å². The van der Waals surface area contributed by atoms with Crippen molar-refractivity contribution in [3.05, 3.63) is 0 Å². The second kappa shape index (κ2) is 7.94. The van der Waals surface area contributed by atoms with Crippen LogP contribution in [0, 0.1) is 45.3 Å². The molecule has 0 aromatic rings. The van der Waals surface area contributed by atoms with Crippen molar-refractivity contribution in [2.75, 3.05) is 0 Å². The third-order valence-electron chi connectivity index (χ3n) is 12.7. The zero-order valence-corrected chi connectivity index (χ0v) is 23.0. The highest BCUT2D eigenvalue weighted by molar-refractivity contribution is 5.17. The highest BCUT2D eigenvalue weighted by atomic mass is 16.3. The molecule has 4 fully saturated rings. The van der Waals surface area contributed by atoms with E-state index >= 15 is 0 Å². The molecule has 0 aromatic carbocycles. The lowest BCUT2D eigenvalue weighted by Gasteiger charge is -2.69. The van der Waals surface area contributed by atoms with E-state index < -0.39 is 17.3 Å². The summed E-state index contributed by atoms with van der Waals surface area (Å²) in [6, 6.07) is 0. The van der Waals surface area contributed by atoms with Crippen LogP contribution in [0.5, 0.6) is 0 Å². The van der Waals surface area contributed by atoms with Crippen molar-refractivity contribution in [2.45, 2.75) is 143 Å². The molecule has 0 aliphatic heterocycles. The van der Waals surface area contributed by atoms with Crippen molar-refractivity contribution in [2.24, 2.45) is 45.3 Å². The average Bonchev–Trinajstić information content (AvgIpc) is 3.04. The molecule has 0 aromatic heterocycles. The summed E-state index contributed by atoms with van der Waals surface area (Å²) in [6.07, 6.45) is 12.0. The molecule has 0 bridgehead atoms. The summed E-state index contributed by atoms with van der Waals surface area (Å²) < 4.78 is 0. The van der Waals surface area contributed by atoms with Crippen LogP contribution in [0.2, 0.25) is 0 Å². The zero-order valence-electron chi connectivity index (χ0n) is 23.0. The maximum absolute atomic E-state index is 11.7. The molecule has 9 atom stereocenters. The Balaban J connectivity index is 1.57. The average molecular weight is 463 g/mol. The lowest BCUT2D eigenvalue weighted by molar-refractivity contribution is -0.208. The van der Waals surface area contributed by atoms with Crippen LogP contribution in [-0.2, 0) is 0 Å². The van der Waals surface area contributed by atoms with Gasteiger partial charge in [-0.25, -0.2) is 0 Å². The third kappa shape index (κ3) is 3.86. The number of hydrogen-bond donors (Lipinski definition) is 3. The van der Waals surface area contributed by atoms with E-state index in [1.54, 1.807) is 13.8 Å². The summed E-state index contributed by atoms with van der Waals surface area (Å²) in [5.41, 5.74) is -0.337. The van der Waals surface area contributed by atoms with E-state index in [2.05, 4.69) is 34.6 Å². The number of rotatable bonds is 5. The molecule has 4 rings (SSSR count). The minimum atomic E-state index is -1.12. The number of aliphatic hydroxyl groups is 3. The second-order valence-electron chi connectivity index (χ2n) is 15.2. The normalized spacial score (nSPS) is 47.7. The minimum absolute atomic E-state index is 0.287. The number of hydrogen-bond acceptors (Lipinski definition) is 3. The van der Waals surface area contributed by atoms with E-state index in [1.807, 2.05) is 6.92 Å². The molecule has 4 saturated carbocycles. The standard InChI is InChI=1S/C30H54O3/c1-25(2)15-9-16-27(5)22(25)13-18-29(7)23(27)11-10-20-21(12-17-28(20,29)6)30(8,33)19-14-24(31)26(3,4)32/h20-24,31-33H,9-19H2,1-8H3/t20-,21-,22?,23+,24?,27-,28-,29+,30-/m0/s1. The van der Waals surface area contributed by atoms with Gasteiger partial charge in [0.1, 0.15) is 0 Å². The molecule has 33 heavy (non-hydrogen) atoms. The van der Waals surface area contributed by atoms with Gasteiger partial charge in [-0.3, -0.25) is 0 Å². The first-order valence-corrected chi connectivity index (χ1v) is 14.1. The largest absolute Gasteiger partial charge is 0.390 e. The Kier molecular flexibility index (Phi) is 6.24. The molecule has 4 aliphatic carbocycles. The summed E-state index contributed by atoms with van der Waals surface area (Å²) in [6.45, 7) is 18.3. The number of fused-ring (bicyclic) bond motifs is 5. The van der Waals surface area contributed by atoms with Crippen molar-refractivity contribution in [1.82, 2.24) is 0 Å². The molecule has 0 radical (unpaired) electrons. The second-order valence-corrected chi connectivity index (χ2v) is 15.2. The van der Waals surface area contributed by atoms with E-state index in [0.717, 1.165) is 18.3 Å². The molecule has 3 heteroatoms. The van der Waals surface area contributed by atoms with E-state index in [4.69, 9.17) is 0 Å². The molecule has 192 valence electrons. The van der Waals surface area contributed by atoms with E-state index in [9.17, 15) is 15.3 Å². The minimum Gasteiger partial charge on any atom is -0.390 e. The van der Waals surface area contributed by atoms with Crippen molar-refractivity contribution in [3.63, 3.8) is 0 Å². The Bertz CT molecular complexity index is 735. The fourth-order valence-corrected chi connectivity index (χ4v) is 10.6. The van der Waals surface area contributed by atoms with Crippen LogP contribution in [0.25, 0.3) is 0 Å². The van der Waals surface area contributed by atoms with Gasteiger partial charge in [-0.05, 0) is 130 Å². The Morgan fingerprint density at radius 3 is 2.06 bits per heavy atom.